The van der Waals surface area contributed by atoms with Gasteiger partial charge in [-0.2, -0.15) is 0 Å². The Labute approximate surface area is 202 Å². The number of rotatable bonds is 8. The number of hydrogen-bond acceptors (Lipinski definition) is 8. The van der Waals surface area contributed by atoms with E-state index in [2.05, 4.69) is 4.74 Å². The first kappa shape index (κ1) is 29.7. The molecule has 1 aliphatic heterocycles. The minimum Gasteiger partial charge on any atom is -0.469 e. The lowest BCUT2D eigenvalue weighted by molar-refractivity contribution is -0.162. The smallest absolute Gasteiger partial charge is 0.343 e. The van der Waals surface area contributed by atoms with E-state index in [1.165, 1.54) is 20.3 Å². The summed E-state index contributed by atoms with van der Waals surface area (Å²) in [6, 6.07) is 0. The zero-order valence-corrected chi connectivity index (χ0v) is 21.4. The largest absolute Gasteiger partial charge is 0.469 e. The number of aliphatic hydroxyl groups is 1. The number of hydrogen-bond donors (Lipinski definition) is 1. The number of aliphatic hydroxyl groups excluding tert-OH is 1. The molecule has 0 radical (unpaired) electrons. The van der Waals surface area contributed by atoms with Crippen LogP contribution < -0.4 is 0 Å². The van der Waals surface area contributed by atoms with Crippen molar-refractivity contribution < 1.29 is 38.5 Å². The summed E-state index contributed by atoms with van der Waals surface area (Å²) < 4.78 is 15.6. The van der Waals surface area contributed by atoms with E-state index in [-0.39, 0.29) is 24.0 Å². The fraction of sp³-hybridized carbons (Fsp3) is 0.692. The normalized spacial score (nSPS) is 28.5. The molecule has 7 atom stereocenters. The van der Waals surface area contributed by atoms with E-state index in [1.54, 1.807) is 32.9 Å². The monoisotopic (exact) mass is 480 g/mol. The van der Waals surface area contributed by atoms with Gasteiger partial charge < -0.3 is 19.3 Å². The second-order valence-corrected chi connectivity index (χ2v) is 9.35. The standard InChI is InChI=1S/C26H40O8/c1-15-9-8-10-16(2)25(34-26(31)24(30)20(27)12-11-15)18(4)13-17(3)23(29)19(5)21(32-6)14-22(28)33-7/h11-13,15-17,19,21,24-25,30H,8-10,14H2,1-7H3/b12-11+,18-13+/t15-,16+,17-,19-,21-,24-,25+/m1/s1. The Bertz CT molecular complexity index is 784. The Morgan fingerprint density at radius 2 is 1.85 bits per heavy atom. The molecular weight excluding hydrogens is 440 g/mol. The van der Waals surface area contributed by atoms with Crippen LogP contribution in [-0.4, -0.2) is 61.1 Å². The van der Waals surface area contributed by atoms with Crippen molar-refractivity contribution in [3.05, 3.63) is 23.8 Å². The van der Waals surface area contributed by atoms with Crippen molar-refractivity contribution in [2.75, 3.05) is 14.2 Å². The fourth-order valence-corrected chi connectivity index (χ4v) is 4.20. The average Bonchev–Trinajstić information content (AvgIpc) is 2.81. The molecule has 0 aromatic carbocycles. The van der Waals surface area contributed by atoms with Crippen molar-refractivity contribution in [2.45, 2.75) is 78.6 Å². The first-order chi connectivity index (χ1) is 15.9. The molecule has 0 amide bonds. The van der Waals surface area contributed by atoms with Gasteiger partial charge in [-0.1, -0.05) is 46.3 Å². The van der Waals surface area contributed by atoms with Crippen LogP contribution in [0.25, 0.3) is 0 Å². The molecule has 0 bridgehead atoms. The maximum atomic E-state index is 13.0. The summed E-state index contributed by atoms with van der Waals surface area (Å²) in [5, 5.41) is 10.1. The van der Waals surface area contributed by atoms with Crippen LogP contribution in [0.2, 0.25) is 0 Å². The van der Waals surface area contributed by atoms with E-state index in [0.29, 0.717) is 5.57 Å². The summed E-state index contributed by atoms with van der Waals surface area (Å²) in [4.78, 5) is 49.3. The third kappa shape index (κ3) is 8.80. The van der Waals surface area contributed by atoms with E-state index in [9.17, 15) is 24.3 Å². The zero-order valence-electron chi connectivity index (χ0n) is 21.4. The summed E-state index contributed by atoms with van der Waals surface area (Å²) in [6.45, 7) is 9.14. The predicted octanol–water partition coefficient (Wildman–Crippen LogP) is 3.21. The van der Waals surface area contributed by atoms with Crippen LogP contribution in [0.3, 0.4) is 0 Å². The Morgan fingerprint density at radius 3 is 2.44 bits per heavy atom. The first-order valence-corrected chi connectivity index (χ1v) is 11.8. The molecule has 0 saturated heterocycles. The van der Waals surface area contributed by atoms with Crippen molar-refractivity contribution in [3.63, 3.8) is 0 Å². The molecule has 0 unspecified atom stereocenters. The van der Waals surface area contributed by atoms with E-state index in [4.69, 9.17) is 9.47 Å². The fourth-order valence-electron chi connectivity index (χ4n) is 4.20. The Balaban J connectivity index is 3.09. The van der Waals surface area contributed by atoms with Crippen molar-refractivity contribution >= 4 is 23.5 Å². The highest BCUT2D eigenvalue weighted by Crippen LogP contribution is 2.26. The molecule has 1 rings (SSSR count). The van der Waals surface area contributed by atoms with E-state index in [1.807, 2.05) is 13.8 Å². The maximum absolute atomic E-state index is 13.0. The molecule has 0 saturated carbocycles. The lowest BCUT2D eigenvalue weighted by atomic mass is 9.86. The number of allylic oxidation sites excluding steroid dienone is 2. The molecule has 0 aromatic rings. The number of ether oxygens (including phenoxy) is 3. The first-order valence-electron chi connectivity index (χ1n) is 11.8. The van der Waals surface area contributed by atoms with Gasteiger partial charge in [0.05, 0.1) is 19.6 Å². The maximum Gasteiger partial charge on any atom is 0.343 e. The number of ketones is 2. The molecule has 0 spiro atoms. The number of methoxy groups -OCH3 is 2. The van der Waals surface area contributed by atoms with Crippen LogP contribution >= 0.6 is 0 Å². The lowest BCUT2D eigenvalue weighted by Gasteiger charge is -2.28. The summed E-state index contributed by atoms with van der Waals surface area (Å²) in [6.07, 6.45) is 3.96. The number of cyclic esters (lactones) is 1. The van der Waals surface area contributed by atoms with E-state index >= 15 is 0 Å². The Hall–Kier alpha value is -2.32. The van der Waals surface area contributed by atoms with Gasteiger partial charge in [-0.15, -0.1) is 0 Å². The van der Waals surface area contributed by atoms with Gasteiger partial charge in [0, 0.05) is 18.9 Å². The summed E-state index contributed by atoms with van der Waals surface area (Å²) in [5.41, 5.74) is 0.663. The third-order valence-corrected chi connectivity index (χ3v) is 6.48. The topological polar surface area (TPSA) is 116 Å². The molecule has 1 heterocycles. The van der Waals surface area contributed by atoms with Gasteiger partial charge in [-0.05, 0) is 43.3 Å². The summed E-state index contributed by atoms with van der Waals surface area (Å²) >= 11 is 0. The minimum atomic E-state index is -1.88. The molecule has 192 valence electrons. The average molecular weight is 481 g/mol. The molecule has 8 heteroatoms. The lowest BCUT2D eigenvalue weighted by Crippen LogP contribution is -2.37. The van der Waals surface area contributed by atoms with Crippen LogP contribution in [0.4, 0.5) is 0 Å². The van der Waals surface area contributed by atoms with Gasteiger partial charge >= 0.3 is 11.9 Å². The highest BCUT2D eigenvalue weighted by molar-refractivity contribution is 6.07. The minimum absolute atomic E-state index is 0.0363. The number of carbonyl (C=O) groups is 4. The quantitative estimate of drug-likeness (QED) is 0.320. The summed E-state index contributed by atoms with van der Waals surface area (Å²) in [7, 11) is 2.72. The van der Waals surface area contributed by atoms with Crippen molar-refractivity contribution in [1.82, 2.24) is 0 Å². The molecule has 8 nitrogen and oxygen atoms in total. The van der Waals surface area contributed by atoms with Gasteiger partial charge in [-0.3, -0.25) is 14.4 Å². The van der Waals surface area contributed by atoms with Crippen LogP contribution in [-0.2, 0) is 33.4 Å². The van der Waals surface area contributed by atoms with E-state index < -0.39 is 47.9 Å². The second-order valence-electron chi connectivity index (χ2n) is 9.35. The molecule has 0 aromatic heterocycles. The molecular formula is C26H40O8. The van der Waals surface area contributed by atoms with Gasteiger partial charge in [0.15, 0.2) is 5.78 Å². The van der Waals surface area contributed by atoms with Crippen LogP contribution in [0.1, 0.15) is 60.3 Å². The highest BCUT2D eigenvalue weighted by atomic mass is 16.6. The van der Waals surface area contributed by atoms with Crippen molar-refractivity contribution in [3.8, 4) is 0 Å². The highest BCUT2D eigenvalue weighted by Gasteiger charge is 2.32. The Morgan fingerprint density at radius 1 is 1.21 bits per heavy atom. The van der Waals surface area contributed by atoms with Gasteiger partial charge in [0.2, 0.25) is 6.10 Å². The molecule has 34 heavy (non-hydrogen) atoms. The van der Waals surface area contributed by atoms with Crippen molar-refractivity contribution in [1.29, 1.82) is 0 Å². The van der Waals surface area contributed by atoms with Gasteiger partial charge in [0.1, 0.15) is 11.9 Å². The number of esters is 2. The number of carbonyl (C=O) groups excluding carboxylic acids is 4. The second kappa shape index (κ2) is 14.2. The molecule has 1 N–H and O–H groups in total. The van der Waals surface area contributed by atoms with Gasteiger partial charge in [0.25, 0.3) is 0 Å². The van der Waals surface area contributed by atoms with Crippen LogP contribution in [0.15, 0.2) is 23.8 Å². The Kier molecular flexibility index (Phi) is 12.4. The van der Waals surface area contributed by atoms with Gasteiger partial charge in [-0.25, -0.2) is 4.79 Å². The molecule has 1 aliphatic rings. The van der Waals surface area contributed by atoms with Crippen LogP contribution in [0.5, 0.6) is 0 Å². The summed E-state index contributed by atoms with van der Waals surface area (Å²) in [5.74, 6) is -3.33. The molecule has 0 aliphatic carbocycles. The number of Topliss-reactive ketones (excluding diaryl/α,β-unsaturated/α-hetero) is 1. The molecule has 0 fully saturated rings. The SMILES string of the molecule is COC(=O)C[C@@H](OC)[C@@H](C)C(=O)[C@H](C)/C=C(\C)[C@H]1OC(=O)[C@H](O)C(=O)/C=C/[C@H](C)CCC[C@@H]1C. The predicted molar refractivity (Wildman–Crippen MR) is 127 cm³/mol. The van der Waals surface area contributed by atoms with E-state index in [0.717, 1.165) is 19.3 Å². The van der Waals surface area contributed by atoms with Crippen molar-refractivity contribution in [2.24, 2.45) is 23.7 Å². The van der Waals surface area contributed by atoms with Crippen LogP contribution in [0, 0.1) is 23.7 Å². The third-order valence-electron chi connectivity index (χ3n) is 6.48. The zero-order chi connectivity index (χ0) is 26.0.